The Hall–Kier alpha value is -2.91. The molecule has 3 heterocycles. The number of aromatic nitrogens is 2. The number of anilines is 1. The molecule has 0 unspecified atom stereocenters. The number of methoxy groups -OCH3 is 2. The Morgan fingerprint density at radius 1 is 1.20 bits per heavy atom. The van der Waals surface area contributed by atoms with E-state index in [-0.39, 0.29) is 0 Å². The molecule has 0 bridgehead atoms. The van der Waals surface area contributed by atoms with Crippen LogP contribution in [0.25, 0.3) is 21.4 Å². The highest BCUT2D eigenvalue weighted by Gasteiger charge is 2.27. The van der Waals surface area contributed by atoms with Gasteiger partial charge in [0.05, 0.1) is 36.9 Å². The van der Waals surface area contributed by atoms with Crippen molar-refractivity contribution < 1.29 is 18.7 Å². The zero-order valence-electron chi connectivity index (χ0n) is 16.6. The summed E-state index contributed by atoms with van der Waals surface area (Å²) < 4.78 is 25.9. The number of rotatable bonds is 6. The lowest BCUT2D eigenvalue weighted by Crippen LogP contribution is -1.95. The lowest BCUT2D eigenvalue weighted by Gasteiger charge is -2.12. The number of fused-ring (bicyclic) bond motifs is 3. The van der Waals surface area contributed by atoms with Crippen LogP contribution in [0.2, 0.25) is 0 Å². The average Bonchev–Trinajstić information content (AvgIpc) is 3.50. The van der Waals surface area contributed by atoms with Crippen molar-refractivity contribution in [2.75, 3.05) is 25.5 Å². The van der Waals surface area contributed by atoms with Gasteiger partial charge in [0.25, 0.3) is 0 Å². The number of ether oxygens (including phenoxy) is 3. The van der Waals surface area contributed by atoms with E-state index in [1.165, 1.54) is 17.5 Å². The maximum absolute atomic E-state index is 6.02. The molecule has 1 aliphatic rings. The van der Waals surface area contributed by atoms with Crippen LogP contribution >= 0.6 is 23.3 Å². The van der Waals surface area contributed by atoms with E-state index in [0.717, 1.165) is 38.6 Å². The fourth-order valence-corrected chi connectivity index (χ4v) is 5.32. The predicted molar refractivity (Wildman–Crippen MR) is 118 cm³/mol. The van der Waals surface area contributed by atoms with Crippen molar-refractivity contribution in [1.29, 1.82) is 0 Å². The average molecular weight is 442 g/mol. The Bertz CT molecular complexity index is 1210. The molecule has 2 aromatic carbocycles. The van der Waals surface area contributed by atoms with Crippen LogP contribution in [0.15, 0.2) is 39.2 Å². The van der Waals surface area contributed by atoms with Gasteiger partial charge in [-0.2, -0.15) is 0 Å². The first kappa shape index (κ1) is 19.1. The fourth-order valence-electron chi connectivity index (χ4n) is 3.62. The van der Waals surface area contributed by atoms with Crippen LogP contribution in [0, 0.1) is 6.92 Å². The molecule has 1 N–H and O–H groups in total. The van der Waals surface area contributed by atoms with Gasteiger partial charge in [-0.05, 0) is 37.1 Å². The predicted octanol–water partition coefficient (Wildman–Crippen LogP) is 5.33. The second-order valence-corrected chi connectivity index (χ2v) is 8.37. The molecule has 2 aromatic heterocycles. The van der Waals surface area contributed by atoms with Crippen molar-refractivity contribution in [2.24, 2.45) is 0 Å². The molecule has 154 valence electrons. The summed E-state index contributed by atoms with van der Waals surface area (Å²) in [6.07, 6.45) is 0.843. The summed E-state index contributed by atoms with van der Waals surface area (Å²) in [5, 5.41) is 5.11. The quantitative estimate of drug-likeness (QED) is 0.402. The van der Waals surface area contributed by atoms with E-state index in [1.54, 1.807) is 25.6 Å². The van der Waals surface area contributed by atoms with Gasteiger partial charge in [-0.15, -0.1) is 11.3 Å². The highest BCUT2D eigenvalue weighted by molar-refractivity contribution is 8.00. The fraction of sp³-hybridized carbons (Fsp3) is 0.238. The molecule has 1 aliphatic heterocycles. The van der Waals surface area contributed by atoms with Gasteiger partial charge in [-0.25, -0.2) is 4.98 Å². The van der Waals surface area contributed by atoms with Gasteiger partial charge in [0.2, 0.25) is 0 Å². The van der Waals surface area contributed by atoms with Gasteiger partial charge in [-0.1, -0.05) is 11.2 Å². The van der Waals surface area contributed by atoms with Crippen molar-refractivity contribution in [3.63, 3.8) is 0 Å². The molecule has 5 rings (SSSR count). The Morgan fingerprint density at radius 2 is 2.00 bits per heavy atom. The second kappa shape index (κ2) is 7.73. The maximum Gasteiger partial charge on any atom is 0.191 e. The Morgan fingerprint density at radius 3 is 2.70 bits per heavy atom. The summed E-state index contributed by atoms with van der Waals surface area (Å²) in [5.41, 5.74) is 5.82. The summed E-state index contributed by atoms with van der Waals surface area (Å²) in [4.78, 5) is 6.36. The van der Waals surface area contributed by atoms with E-state index in [9.17, 15) is 0 Å². The van der Waals surface area contributed by atoms with Crippen LogP contribution in [-0.4, -0.2) is 31.0 Å². The maximum atomic E-state index is 6.02. The minimum atomic E-state index is 0.605. The molecule has 4 aromatic rings. The molecule has 9 heteroatoms. The molecule has 0 atom stereocenters. The van der Waals surface area contributed by atoms with Crippen molar-refractivity contribution in [2.45, 2.75) is 18.2 Å². The van der Waals surface area contributed by atoms with Crippen LogP contribution in [-0.2, 0) is 6.42 Å². The highest BCUT2D eigenvalue weighted by Crippen LogP contribution is 2.47. The van der Waals surface area contributed by atoms with Crippen LogP contribution in [0.5, 0.6) is 17.2 Å². The summed E-state index contributed by atoms with van der Waals surface area (Å²) in [7, 11) is 3.27. The van der Waals surface area contributed by atoms with Gasteiger partial charge in [0.1, 0.15) is 27.5 Å². The topological polar surface area (TPSA) is 78.6 Å². The molecule has 0 fully saturated rings. The van der Waals surface area contributed by atoms with Crippen LogP contribution < -0.4 is 18.9 Å². The highest BCUT2D eigenvalue weighted by atomic mass is 32.2. The number of hydrogen-bond acceptors (Lipinski definition) is 9. The molecule has 7 nitrogen and oxygen atoms in total. The van der Waals surface area contributed by atoms with E-state index < -0.39 is 0 Å². The number of hydrogen-bond donors (Lipinski definition) is 1. The number of aryl methyl sites for hydroxylation is 1. The Kier molecular flexibility index (Phi) is 4.92. The molecule has 0 saturated heterocycles. The SMILES string of the molecule is COc1cccc(OC)c1SNc1noc2cc(-c3scnc3C)c3c(c12)OCC3. The van der Waals surface area contributed by atoms with E-state index in [2.05, 4.69) is 14.9 Å². The molecule has 0 amide bonds. The number of benzene rings is 2. The van der Waals surface area contributed by atoms with Crippen LogP contribution in [0.3, 0.4) is 0 Å². The zero-order chi connectivity index (χ0) is 20.7. The zero-order valence-corrected chi connectivity index (χ0v) is 18.3. The molecular weight excluding hydrogens is 422 g/mol. The summed E-state index contributed by atoms with van der Waals surface area (Å²) >= 11 is 2.98. The largest absolute Gasteiger partial charge is 0.495 e. The third kappa shape index (κ3) is 3.05. The van der Waals surface area contributed by atoms with E-state index in [1.807, 2.05) is 36.7 Å². The lowest BCUT2D eigenvalue weighted by molar-refractivity contribution is 0.360. The minimum absolute atomic E-state index is 0.605. The van der Waals surface area contributed by atoms with Gasteiger partial charge >= 0.3 is 0 Å². The van der Waals surface area contributed by atoms with Crippen LogP contribution in [0.4, 0.5) is 5.82 Å². The van der Waals surface area contributed by atoms with Gasteiger partial charge in [0, 0.05) is 17.5 Å². The van der Waals surface area contributed by atoms with Gasteiger partial charge in [-0.3, -0.25) is 0 Å². The van der Waals surface area contributed by atoms with Gasteiger partial charge in [0.15, 0.2) is 11.4 Å². The number of nitrogens with one attached hydrogen (secondary N) is 1. The standard InChI is InChI=1S/C21H19N3O4S2/c1-11-19(29-10-22-11)13-9-16-17(18-12(13)7-8-27-18)21(23-28-16)24-30-20-14(25-2)5-4-6-15(20)26-3/h4-6,9-10H,7-8H2,1-3H3,(H,23,24). The van der Waals surface area contributed by atoms with Crippen molar-refractivity contribution in [3.05, 3.63) is 41.0 Å². The number of thiazole rings is 1. The third-order valence-corrected chi connectivity index (χ3v) is 6.90. The molecular formula is C21H19N3O4S2. The Balaban J connectivity index is 1.55. The monoisotopic (exact) mass is 441 g/mol. The molecule has 0 radical (unpaired) electrons. The molecule has 0 saturated carbocycles. The molecule has 30 heavy (non-hydrogen) atoms. The molecule has 0 spiro atoms. The van der Waals surface area contributed by atoms with Crippen molar-refractivity contribution >= 4 is 40.1 Å². The van der Waals surface area contributed by atoms with Crippen LogP contribution in [0.1, 0.15) is 11.3 Å². The first-order valence-corrected chi connectivity index (χ1v) is 11.0. The third-order valence-electron chi connectivity index (χ3n) is 5.04. The van der Waals surface area contributed by atoms with E-state index in [4.69, 9.17) is 18.7 Å². The second-order valence-electron chi connectivity index (χ2n) is 6.70. The summed E-state index contributed by atoms with van der Waals surface area (Å²) in [5.74, 6) is 2.86. The first-order chi connectivity index (χ1) is 14.7. The Labute approximate surface area is 181 Å². The molecule has 0 aliphatic carbocycles. The first-order valence-electron chi connectivity index (χ1n) is 9.33. The van der Waals surface area contributed by atoms with Crippen molar-refractivity contribution in [3.8, 4) is 27.7 Å². The smallest absolute Gasteiger partial charge is 0.191 e. The normalized spacial score (nSPS) is 12.6. The number of nitrogens with zero attached hydrogens (tertiary/aromatic N) is 2. The van der Waals surface area contributed by atoms with Crippen molar-refractivity contribution in [1.82, 2.24) is 10.1 Å². The van der Waals surface area contributed by atoms with Gasteiger partial charge < -0.3 is 23.5 Å². The van der Waals surface area contributed by atoms with E-state index >= 15 is 0 Å². The van der Waals surface area contributed by atoms with E-state index in [0.29, 0.717) is 29.5 Å². The lowest BCUT2D eigenvalue weighted by atomic mass is 10.0. The summed E-state index contributed by atoms with van der Waals surface area (Å²) in [6, 6.07) is 7.70. The summed E-state index contributed by atoms with van der Waals surface area (Å²) in [6.45, 7) is 2.65. The minimum Gasteiger partial charge on any atom is -0.495 e.